The standard InChI is InChI=1S/C12H12BrFN2/c13-11-3-10(4-12(14)5-11)8-16-7-9-1-2-15-6-9/h1-6,15-16H,7-8H2. The molecular weight excluding hydrogens is 271 g/mol. The number of halogens is 2. The lowest BCUT2D eigenvalue weighted by molar-refractivity contribution is 0.619. The Morgan fingerprint density at radius 2 is 2.00 bits per heavy atom. The molecule has 0 aliphatic heterocycles. The maximum atomic E-state index is 13.1. The van der Waals surface area contributed by atoms with Crippen LogP contribution in [0.15, 0.2) is 41.1 Å². The van der Waals surface area contributed by atoms with Crippen LogP contribution in [0.1, 0.15) is 11.1 Å². The van der Waals surface area contributed by atoms with Crippen LogP contribution in [0.4, 0.5) is 4.39 Å². The summed E-state index contributed by atoms with van der Waals surface area (Å²) >= 11 is 3.27. The van der Waals surface area contributed by atoms with E-state index in [0.717, 1.165) is 16.6 Å². The van der Waals surface area contributed by atoms with Gasteiger partial charge in [-0.2, -0.15) is 0 Å². The van der Waals surface area contributed by atoms with Crippen molar-refractivity contribution in [2.75, 3.05) is 0 Å². The second-order valence-corrected chi connectivity index (χ2v) is 4.52. The summed E-state index contributed by atoms with van der Waals surface area (Å²) in [6.07, 6.45) is 3.82. The highest BCUT2D eigenvalue weighted by atomic mass is 79.9. The first-order chi connectivity index (χ1) is 7.74. The molecule has 4 heteroatoms. The average Bonchev–Trinajstić information content (AvgIpc) is 2.69. The van der Waals surface area contributed by atoms with Gasteiger partial charge in [0.1, 0.15) is 5.82 Å². The lowest BCUT2D eigenvalue weighted by Gasteiger charge is -2.04. The molecule has 0 radical (unpaired) electrons. The highest BCUT2D eigenvalue weighted by Gasteiger charge is 1.99. The molecule has 16 heavy (non-hydrogen) atoms. The Morgan fingerprint density at radius 3 is 2.69 bits per heavy atom. The second-order valence-electron chi connectivity index (χ2n) is 3.60. The number of rotatable bonds is 4. The van der Waals surface area contributed by atoms with Crippen LogP contribution in [-0.4, -0.2) is 4.98 Å². The molecule has 0 unspecified atom stereocenters. The van der Waals surface area contributed by atoms with Gasteiger partial charge in [0.2, 0.25) is 0 Å². The van der Waals surface area contributed by atoms with Crippen LogP contribution in [0.2, 0.25) is 0 Å². The number of nitrogens with one attached hydrogen (secondary N) is 2. The lowest BCUT2D eigenvalue weighted by atomic mass is 10.2. The van der Waals surface area contributed by atoms with Crippen molar-refractivity contribution in [3.05, 3.63) is 58.1 Å². The van der Waals surface area contributed by atoms with E-state index in [-0.39, 0.29) is 5.82 Å². The molecule has 0 fully saturated rings. The maximum Gasteiger partial charge on any atom is 0.124 e. The van der Waals surface area contributed by atoms with Gasteiger partial charge in [-0.1, -0.05) is 15.9 Å². The highest BCUT2D eigenvalue weighted by Crippen LogP contribution is 2.14. The van der Waals surface area contributed by atoms with Crippen LogP contribution in [0, 0.1) is 5.82 Å². The first-order valence-electron chi connectivity index (χ1n) is 5.01. The quantitative estimate of drug-likeness (QED) is 0.886. The molecule has 1 aromatic carbocycles. The fourth-order valence-electron chi connectivity index (χ4n) is 1.53. The predicted molar refractivity (Wildman–Crippen MR) is 65.4 cm³/mol. The SMILES string of the molecule is Fc1cc(Br)cc(CNCc2cc[nH]c2)c1. The van der Waals surface area contributed by atoms with Crippen molar-refractivity contribution in [3.63, 3.8) is 0 Å². The van der Waals surface area contributed by atoms with E-state index in [1.807, 2.05) is 24.5 Å². The van der Waals surface area contributed by atoms with Crippen LogP contribution < -0.4 is 5.32 Å². The summed E-state index contributed by atoms with van der Waals surface area (Å²) in [5.74, 6) is -0.215. The summed E-state index contributed by atoms with van der Waals surface area (Å²) < 4.78 is 13.8. The van der Waals surface area contributed by atoms with Crippen molar-refractivity contribution in [1.29, 1.82) is 0 Å². The van der Waals surface area contributed by atoms with Crippen LogP contribution in [0.3, 0.4) is 0 Å². The minimum Gasteiger partial charge on any atom is -0.367 e. The monoisotopic (exact) mass is 282 g/mol. The molecule has 0 spiro atoms. The summed E-state index contributed by atoms with van der Waals surface area (Å²) in [6.45, 7) is 1.43. The van der Waals surface area contributed by atoms with Gasteiger partial charge in [0.05, 0.1) is 0 Å². The van der Waals surface area contributed by atoms with Crippen LogP contribution in [-0.2, 0) is 13.1 Å². The summed E-state index contributed by atoms with van der Waals surface area (Å²) in [4.78, 5) is 2.99. The van der Waals surface area contributed by atoms with Gasteiger partial charge in [0, 0.05) is 30.0 Å². The fraction of sp³-hybridized carbons (Fsp3) is 0.167. The van der Waals surface area contributed by atoms with E-state index in [2.05, 4.69) is 26.2 Å². The first kappa shape index (κ1) is 11.4. The van der Waals surface area contributed by atoms with Gasteiger partial charge in [-0.3, -0.25) is 0 Å². The van der Waals surface area contributed by atoms with Gasteiger partial charge in [-0.05, 0) is 35.4 Å². The summed E-state index contributed by atoms with van der Waals surface area (Å²) in [5, 5.41) is 3.25. The molecule has 0 aliphatic carbocycles. The normalized spacial score (nSPS) is 10.6. The Labute approximate surface area is 102 Å². The minimum atomic E-state index is -0.215. The highest BCUT2D eigenvalue weighted by molar-refractivity contribution is 9.10. The average molecular weight is 283 g/mol. The number of hydrogen-bond donors (Lipinski definition) is 2. The molecule has 1 aromatic heterocycles. The van der Waals surface area contributed by atoms with E-state index in [9.17, 15) is 4.39 Å². The Bertz CT molecular complexity index is 434. The van der Waals surface area contributed by atoms with Crippen LogP contribution >= 0.6 is 15.9 Å². The second kappa shape index (κ2) is 5.27. The predicted octanol–water partition coefficient (Wildman–Crippen LogP) is 3.21. The Morgan fingerprint density at radius 1 is 1.19 bits per heavy atom. The van der Waals surface area contributed by atoms with Crippen molar-refractivity contribution in [1.82, 2.24) is 10.3 Å². The van der Waals surface area contributed by atoms with Crippen molar-refractivity contribution in [2.45, 2.75) is 13.1 Å². The Hall–Kier alpha value is -1.13. The van der Waals surface area contributed by atoms with Gasteiger partial charge in [-0.15, -0.1) is 0 Å². The molecule has 0 aliphatic rings. The Kier molecular flexibility index (Phi) is 3.74. The molecule has 0 bridgehead atoms. The molecule has 2 aromatic rings. The zero-order valence-electron chi connectivity index (χ0n) is 8.63. The van der Waals surface area contributed by atoms with Gasteiger partial charge in [0.25, 0.3) is 0 Å². The van der Waals surface area contributed by atoms with Crippen LogP contribution in [0.5, 0.6) is 0 Å². The molecule has 2 rings (SSSR count). The number of benzene rings is 1. The third kappa shape index (κ3) is 3.18. The summed E-state index contributed by atoms with van der Waals surface area (Å²) in [7, 11) is 0. The number of H-pyrrole nitrogens is 1. The largest absolute Gasteiger partial charge is 0.367 e. The van der Waals surface area contributed by atoms with Crippen molar-refractivity contribution < 1.29 is 4.39 Å². The van der Waals surface area contributed by atoms with E-state index in [0.29, 0.717) is 6.54 Å². The molecule has 2 nitrogen and oxygen atoms in total. The maximum absolute atomic E-state index is 13.1. The van der Waals surface area contributed by atoms with E-state index < -0.39 is 0 Å². The molecular formula is C12H12BrFN2. The number of aromatic nitrogens is 1. The van der Waals surface area contributed by atoms with Crippen molar-refractivity contribution in [3.8, 4) is 0 Å². The van der Waals surface area contributed by atoms with E-state index in [1.165, 1.54) is 17.7 Å². The zero-order chi connectivity index (χ0) is 11.4. The molecule has 2 N–H and O–H groups in total. The number of aromatic amines is 1. The molecule has 0 amide bonds. The van der Waals surface area contributed by atoms with Gasteiger partial charge < -0.3 is 10.3 Å². The van der Waals surface area contributed by atoms with E-state index in [4.69, 9.17) is 0 Å². The third-order valence-electron chi connectivity index (χ3n) is 2.24. The van der Waals surface area contributed by atoms with Gasteiger partial charge in [0.15, 0.2) is 0 Å². The number of hydrogen-bond acceptors (Lipinski definition) is 1. The molecule has 84 valence electrons. The van der Waals surface area contributed by atoms with Crippen molar-refractivity contribution in [2.24, 2.45) is 0 Å². The smallest absolute Gasteiger partial charge is 0.124 e. The topological polar surface area (TPSA) is 27.8 Å². The molecule has 0 atom stereocenters. The summed E-state index contributed by atoms with van der Waals surface area (Å²) in [6, 6.07) is 6.91. The molecule has 1 heterocycles. The van der Waals surface area contributed by atoms with Crippen LogP contribution in [0.25, 0.3) is 0 Å². The van der Waals surface area contributed by atoms with Crippen molar-refractivity contribution >= 4 is 15.9 Å². The minimum absolute atomic E-state index is 0.215. The lowest BCUT2D eigenvalue weighted by Crippen LogP contribution is -2.12. The Balaban J connectivity index is 1.89. The van der Waals surface area contributed by atoms with Gasteiger partial charge in [-0.25, -0.2) is 4.39 Å². The molecule has 0 saturated carbocycles. The van der Waals surface area contributed by atoms with E-state index in [1.54, 1.807) is 0 Å². The van der Waals surface area contributed by atoms with Gasteiger partial charge >= 0.3 is 0 Å². The molecule has 0 saturated heterocycles. The zero-order valence-corrected chi connectivity index (χ0v) is 10.2. The van der Waals surface area contributed by atoms with E-state index >= 15 is 0 Å². The fourth-order valence-corrected chi connectivity index (χ4v) is 2.05. The summed E-state index contributed by atoms with van der Waals surface area (Å²) in [5.41, 5.74) is 2.12. The third-order valence-corrected chi connectivity index (χ3v) is 2.70. The first-order valence-corrected chi connectivity index (χ1v) is 5.81.